The molecule has 0 unspecified atom stereocenters. The van der Waals surface area contributed by atoms with E-state index in [1.807, 2.05) is 37.3 Å². The summed E-state index contributed by atoms with van der Waals surface area (Å²) in [5.74, 6) is -0.0545. The molecule has 1 heterocycles. The topological polar surface area (TPSA) is 54.9 Å². The molecule has 0 saturated heterocycles. The number of hydrogen-bond donors (Lipinski definition) is 1. The SMILES string of the molecule is CC(C)Sc1nnc(NC(=O)[C@H](C)Sc2ccccc2)s1. The first-order valence-electron chi connectivity index (χ1n) is 6.57. The molecule has 2 aromatic rings. The lowest BCUT2D eigenvalue weighted by Gasteiger charge is -2.09. The summed E-state index contributed by atoms with van der Waals surface area (Å²) in [5, 5.41) is 11.7. The lowest BCUT2D eigenvalue weighted by Crippen LogP contribution is -2.22. The Morgan fingerprint density at radius 2 is 1.86 bits per heavy atom. The fourth-order valence-electron chi connectivity index (χ4n) is 1.47. The van der Waals surface area contributed by atoms with Crippen LogP contribution in [0.25, 0.3) is 0 Å². The van der Waals surface area contributed by atoms with Crippen LogP contribution in [0.1, 0.15) is 20.8 Å². The van der Waals surface area contributed by atoms with Crippen molar-refractivity contribution < 1.29 is 4.79 Å². The van der Waals surface area contributed by atoms with Gasteiger partial charge in [-0.05, 0) is 19.1 Å². The van der Waals surface area contributed by atoms with E-state index in [2.05, 4.69) is 29.4 Å². The summed E-state index contributed by atoms with van der Waals surface area (Å²) in [5.41, 5.74) is 0. The van der Waals surface area contributed by atoms with Crippen molar-refractivity contribution in [2.45, 2.75) is 40.5 Å². The van der Waals surface area contributed by atoms with Gasteiger partial charge >= 0.3 is 0 Å². The molecule has 0 fully saturated rings. The van der Waals surface area contributed by atoms with Crippen LogP contribution in [-0.4, -0.2) is 26.6 Å². The third-order valence-electron chi connectivity index (χ3n) is 2.40. The summed E-state index contributed by atoms with van der Waals surface area (Å²) in [6.45, 7) is 6.09. The van der Waals surface area contributed by atoms with Gasteiger partial charge in [0.05, 0.1) is 5.25 Å². The largest absolute Gasteiger partial charge is 0.300 e. The maximum absolute atomic E-state index is 12.1. The molecule has 1 N–H and O–H groups in total. The minimum absolute atomic E-state index is 0.0545. The molecule has 4 nitrogen and oxygen atoms in total. The molecule has 0 spiro atoms. The van der Waals surface area contributed by atoms with Crippen LogP contribution in [0.15, 0.2) is 39.6 Å². The standard InChI is InChI=1S/C14H17N3OS3/c1-9(2)19-14-17-16-13(21-14)15-12(18)10(3)20-11-7-5-4-6-8-11/h4-10H,1-3H3,(H,15,16,18)/t10-/m0/s1. The predicted octanol–water partition coefficient (Wildman–Crippen LogP) is 4.16. The zero-order valence-electron chi connectivity index (χ0n) is 12.1. The summed E-state index contributed by atoms with van der Waals surface area (Å²) in [6, 6.07) is 9.89. The number of thioether (sulfide) groups is 2. The van der Waals surface area contributed by atoms with Gasteiger partial charge in [-0.1, -0.05) is 55.1 Å². The number of carbonyl (C=O) groups is 1. The quantitative estimate of drug-likeness (QED) is 0.633. The molecular formula is C14H17N3OS3. The van der Waals surface area contributed by atoms with Gasteiger partial charge in [-0.2, -0.15) is 0 Å². The molecule has 1 amide bonds. The molecule has 0 aliphatic carbocycles. The normalized spacial score (nSPS) is 12.4. The van der Waals surface area contributed by atoms with Crippen molar-refractivity contribution in [1.82, 2.24) is 10.2 Å². The van der Waals surface area contributed by atoms with Crippen LogP contribution in [0.3, 0.4) is 0 Å². The Morgan fingerprint density at radius 1 is 1.14 bits per heavy atom. The molecular weight excluding hydrogens is 322 g/mol. The molecule has 1 atom stereocenters. The molecule has 0 bridgehead atoms. The van der Waals surface area contributed by atoms with Gasteiger partial charge in [0.25, 0.3) is 0 Å². The van der Waals surface area contributed by atoms with Crippen molar-refractivity contribution in [3.05, 3.63) is 30.3 Å². The highest BCUT2D eigenvalue weighted by molar-refractivity contribution is 8.01. The zero-order chi connectivity index (χ0) is 15.2. The van der Waals surface area contributed by atoms with Gasteiger partial charge in [0, 0.05) is 10.1 Å². The van der Waals surface area contributed by atoms with Crippen LogP contribution >= 0.6 is 34.9 Å². The van der Waals surface area contributed by atoms with Crippen molar-refractivity contribution in [3.63, 3.8) is 0 Å². The molecule has 112 valence electrons. The number of nitrogens with one attached hydrogen (secondary N) is 1. The van der Waals surface area contributed by atoms with E-state index in [0.29, 0.717) is 10.4 Å². The van der Waals surface area contributed by atoms with E-state index < -0.39 is 0 Å². The summed E-state index contributed by atoms with van der Waals surface area (Å²) in [4.78, 5) is 13.2. The fourth-order valence-corrected chi connectivity index (χ4v) is 4.34. The minimum atomic E-state index is -0.183. The molecule has 7 heteroatoms. The van der Waals surface area contributed by atoms with Gasteiger partial charge < -0.3 is 0 Å². The van der Waals surface area contributed by atoms with Crippen molar-refractivity contribution in [3.8, 4) is 0 Å². The van der Waals surface area contributed by atoms with Crippen molar-refractivity contribution in [2.75, 3.05) is 5.32 Å². The first kappa shape index (κ1) is 16.3. The number of rotatable bonds is 6. The van der Waals surface area contributed by atoms with Crippen molar-refractivity contribution in [1.29, 1.82) is 0 Å². The second kappa shape index (κ2) is 7.82. The smallest absolute Gasteiger partial charge is 0.239 e. The lowest BCUT2D eigenvalue weighted by atomic mass is 10.4. The summed E-state index contributed by atoms with van der Waals surface area (Å²) < 4.78 is 0.878. The Labute approximate surface area is 137 Å². The second-order valence-corrected chi connectivity index (χ2v) is 8.82. The minimum Gasteiger partial charge on any atom is -0.300 e. The third-order valence-corrected chi connectivity index (χ3v) is 5.44. The van der Waals surface area contributed by atoms with Gasteiger partial charge in [-0.3, -0.25) is 10.1 Å². The Bertz CT molecular complexity index is 586. The highest BCUT2D eigenvalue weighted by Crippen LogP contribution is 2.29. The predicted molar refractivity (Wildman–Crippen MR) is 91.3 cm³/mol. The first-order valence-corrected chi connectivity index (χ1v) is 9.15. The van der Waals surface area contributed by atoms with Crippen LogP contribution < -0.4 is 5.32 Å². The van der Waals surface area contributed by atoms with Gasteiger partial charge in [-0.15, -0.1) is 22.0 Å². The molecule has 0 radical (unpaired) electrons. The van der Waals surface area contributed by atoms with Crippen LogP contribution in [0, 0.1) is 0 Å². The first-order chi connectivity index (χ1) is 10.0. The molecule has 0 aliphatic heterocycles. The zero-order valence-corrected chi connectivity index (χ0v) is 14.5. The number of carbonyl (C=O) groups excluding carboxylic acids is 1. The highest BCUT2D eigenvalue weighted by atomic mass is 32.2. The molecule has 21 heavy (non-hydrogen) atoms. The van der Waals surface area contributed by atoms with Crippen LogP contribution in [0.5, 0.6) is 0 Å². The third kappa shape index (κ3) is 5.33. The average Bonchev–Trinajstić information content (AvgIpc) is 2.86. The maximum Gasteiger partial charge on any atom is 0.239 e. The number of benzene rings is 1. The summed E-state index contributed by atoms with van der Waals surface area (Å²) in [7, 11) is 0. The lowest BCUT2D eigenvalue weighted by molar-refractivity contribution is -0.115. The number of nitrogens with zero attached hydrogens (tertiary/aromatic N) is 2. The Morgan fingerprint density at radius 3 is 2.52 bits per heavy atom. The highest BCUT2D eigenvalue weighted by Gasteiger charge is 2.16. The monoisotopic (exact) mass is 339 g/mol. The van der Waals surface area contributed by atoms with Crippen LogP contribution in [0.2, 0.25) is 0 Å². The van der Waals surface area contributed by atoms with E-state index in [1.165, 1.54) is 23.1 Å². The number of amides is 1. The van der Waals surface area contributed by atoms with Gasteiger partial charge in [0.15, 0.2) is 4.34 Å². The number of hydrogen-bond acceptors (Lipinski definition) is 6. The Kier molecular flexibility index (Phi) is 6.08. The Balaban J connectivity index is 1.90. The van der Waals surface area contributed by atoms with E-state index in [1.54, 1.807) is 11.8 Å². The van der Waals surface area contributed by atoms with Crippen molar-refractivity contribution >= 4 is 45.9 Å². The van der Waals surface area contributed by atoms with Crippen LogP contribution in [-0.2, 0) is 4.79 Å². The molecule has 2 rings (SSSR count). The van der Waals surface area contributed by atoms with E-state index >= 15 is 0 Å². The average molecular weight is 340 g/mol. The second-order valence-electron chi connectivity index (χ2n) is 4.60. The maximum atomic E-state index is 12.1. The van der Waals surface area contributed by atoms with E-state index in [9.17, 15) is 4.79 Å². The fraction of sp³-hybridized carbons (Fsp3) is 0.357. The van der Waals surface area contributed by atoms with Gasteiger partial charge in [0.2, 0.25) is 11.0 Å². The van der Waals surface area contributed by atoms with E-state index in [-0.39, 0.29) is 11.2 Å². The Hall–Kier alpha value is -1.05. The van der Waals surface area contributed by atoms with Gasteiger partial charge in [0.1, 0.15) is 0 Å². The molecule has 1 aromatic heterocycles. The van der Waals surface area contributed by atoms with E-state index in [4.69, 9.17) is 0 Å². The number of anilines is 1. The number of aromatic nitrogens is 2. The van der Waals surface area contributed by atoms with Crippen LogP contribution in [0.4, 0.5) is 5.13 Å². The molecule has 0 aliphatic rings. The van der Waals surface area contributed by atoms with E-state index in [0.717, 1.165) is 9.24 Å². The summed E-state index contributed by atoms with van der Waals surface area (Å²) in [6.07, 6.45) is 0. The van der Waals surface area contributed by atoms with Gasteiger partial charge in [-0.25, -0.2) is 0 Å². The molecule has 0 saturated carbocycles. The van der Waals surface area contributed by atoms with Crippen molar-refractivity contribution in [2.24, 2.45) is 0 Å². The summed E-state index contributed by atoms with van der Waals surface area (Å²) >= 11 is 4.59. The molecule has 1 aromatic carbocycles.